The van der Waals surface area contributed by atoms with Crippen molar-refractivity contribution in [1.82, 2.24) is 9.97 Å². The van der Waals surface area contributed by atoms with E-state index in [4.69, 9.17) is 10.8 Å². The Labute approximate surface area is 87.6 Å². The molecule has 14 heavy (non-hydrogen) atoms. The monoisotopic (exact) mass is 213 g/mol. The minimum absolute atomic E-state index is 0. The maximum absolute atomic E-state index is 8.83. The zero-order valence-electron chi connectivity index (χ0n) is 7.47. The van der Waals surface area contributed by atoms with Gasteiger partial charge in [-0.2, -0.15) is 0 Å². The van der Waals surface area contributed by atoms with Crippen LogP contribution in [0.2, 0.25) is 0 Å². The molecule has 1 atom stereocenters. The second kappa shape index (κ2) is 4.41. The molecule has 0 saturated heterocycles. The third-order valence-corrected chi connectivity index (χ3v) is 1.96. The molecule has 4 nitrogen and oxygen atoms in total. The molecule has 0 aliphatic carbocycles. The van der Waals surface area contributed by atoms with Gasteiger partial charge in [-0.25, -0.2) is 4.98 Å². The summed E-state index contributed by atoms with van der Waals surface area (Å²) in [5, 5.41) is 8.83. The normalized spacial score (nSPS) is 12.4. The Morgan fingerprint density at radius 1 is 1.43 bits per heavy atom. The van der Waals surface area contributed by atoms with Crippen LogP contribution >= 0.6 is 12.4 Å². The number of H-pyrrole nitrogens is 1. The number of aromatic amines is 1. The van der Waals surface area contributed by atoms with Crippen molar-refractivity contribution >= 4 is 23.4 Å². The van der Waals surface area contributed by atoms with Crippen molar-refractivity contribution in [2.45, 2.75) is 6.04 Å². The molecule has 0 aliphatic rings. The highest BCUT2D eigenvalue weighted by Crippen LogP contribution is 2.13. The van der Waals surface area contributed by atoms with Crippen molar-refractivity contribution < 1.29 is 5.11 Å². The molecule has 4 N–H and O–H groups in total. The van der Waals surface area contributed by atoms with Gasteiger partial charge in [-0.15, -0.1) is 12.4 Å². The molecule has 5 heteroatoms. The van der Waals surface area contributed by atoms with Gasteiger partial charge in [0.1, 0.15) is 5.82 Å². The van der Waals surface area contributed by atoms with Gasteiger partial charge in [-0.05, 0) is 12.1 Å². The van der Waals surface area contributed by atoms with Crippen LogP contribution in [0.15, 0.2) is 24.3 Å². The largest absolute Gasteiger partial charge is 0.394 e. The topological polar surface area (TPSA) is 74.9 Å². The van der Waals surface area contributed by atoms with Crippen LogP contribution in [0, 0.1) is 0 Å². The number of aliphatic hydroxyl groups excluding tert-OH is 1. The Kier molecular flexibility index (Phi) is 3.46. The van der Waals surface area contributed by atoms with Crippen LogP contribution in [0.1, 0.15) is 11.9 Å². The number of nitrogens with two attached hydrogens (primary N) is 1. The average molecular weight is 214 g/mol. The molecule has 2 aromatic rings. The lowest BCUT2D eigenvalue weighted by atomic mass is 10.3. The Morgan fingerprint density at radius 3 is 2.79 bits per heavy atom. The van der Waals surface area contributed by atoms with E-state index in [0.717, 1.165) is 11.0 Å². The van der Waals surface area contributed by atoms with E-state index in [9.17, 15) is 0 Å². The molecule has 0 fully saturated rings. The van der Waals surface area contributed by atoms with Crippen molar-refractivity contribution in [3.05, 3.63) is 30.1 Å². The summed E-state index contributed by atoms with van der Waals surface area (Å²) < 4.78 is 0. The smallest absolute Gasteiger partial charge is 0.126 e. The summed E-state index contributed by atoms with van der Waals surface area (Å²) in [6.45, 7) is -0.0974. The number of hydrogen-bond donors (Lipinski definition) is 3. The lowest BCUT2D eigenvalue weighted by Crippen LogP contribution is -2.15. The van der Waals surface area contributed by atoms with Gasteiger partial charge in [-0.3, -0.25) is 0 Å². The number of para-hydroxylation sites is 2. The first-order chi connectivity index (χ1) is 6.31. The molecule has 76 valence electrons. The third-order valence-electron chi connectivity index (χ3n) is 1.96. The van der Waals surface area contributed by atoms with Crippen LogP contribution in [0.3, 0.4) is 0 Å². The number of nitrogens with one attached hydrogen (secondary N) is 1. The SMILES string of the molecule is Cl.N[C@@H](CO)c1nc2ccccc2[nH]1. The number of halogens is 1. The van der Waals surface area contributed by atoms with E-state index in [2.05, 4.69) is 9.97 Å². The fourth-order valence-electron chi connectivity index (χ4n) is 1.23. The summed E-state index contributed by atoms with van der Waals surface area (Å²) in [5.41, 5.74) is 7.44. The van der Waals surface area contributed by atoms with E-state index >= 15 is 0 Å². The van der Waals surface area contributed by atoms with Crippen LogP contribution in [-0.4, -0.2) is 21.7 Å². The summed E-state index contributed by atoms with van der Waals surface area (Å²) in [5.74, 6) is 0.628. The first kappa shape index (κ1) is 11.0. The van der Waals surface area contributed by atoms with E-state index in [1.165, 1.54) is 0 Å². The fraction of sp³-hybridized carbons (Fsp3) is 0.222. The molecular weight excluding hydrogens is 202 g/mol. The molecular formula is C9H12ClN3O. The van der Waals surface area contributed by atoms with Crippen molar-refractivity contribution in [2.24, 2.45) is 5.73 Å². The number of rotatable bonds is 2. The molecule has 0 saturated carbocycles. The highest BCUT2D eigenvalue weighted by Gasteiger charge is 2.08. The second-order valence-corrected chi connectivity index (χ2v) is 2.93. The van der Waals surface area contributed by atoms with Crippen LogP contribution < -0.4 is 5.73 Å². The molecule has 0 aliphatic heterocycles. The quantitative estimate of drug-likeness (QED) is 0.696. The minimum Gasteiger partial charge on any atom is -0.394 e. The molecule has 1 aromatic carbocycles. The molecule has 0 bridgehead atoms. The number of aromatic nitrogens is 2. The van der Waals surface area contributed by atoms with Gasteiger partial charge in [0.25, 0.3) is 0 Å². The van der Waals surface area contributed by atoms with Gasteiger partial charge in [-0.1, -0.05) is 12.1 Å². The van der Waals surface area contributed by atoms with Crippen molar-refractivity contribution in [3.8, 4) is 0 Å². The minimum atomic E-state index is -0.424. The van der Waals surface area contributed by atoms with Gasteiger partial charge in [0.2, 0.25) is 0 Å². The number of fused-ring (bicyclic) bond motifs is 1. The summed E-state index contributed by atoms with van der Waals surface area (Å²) in [6, 6.07) is 7.24. The van der Waals surface area contributed by atoms with Gasteiger partial charge < -0.3 is 15.8 Å². The third kappa shape index (κ3) is 1.87. The highest BCUT2D eigenvalue weighted by molar-refractivity contribution is 5.85. The summed E-state index contributed by atoms with van der Waals surface area (Å²) >= 11 is 0. The number of aliphatic hydroxyl groups is 1. The maximum Gasteiger partial charge on any atom is 0.126 e. The average Bonchev–Trinajstić information content (AvgIpc) is 2.59. The van der Waals surface area contributed by atoms with Crippen LogP contribution in [0.25, 0.3) is 11.0 Å². The van der Waals surface area contributed by atoms with Crippen molar-refractivity contribution in [1.29, 1.82) is 0 Å². The Hall–Kier alpha value is -1.10. The van der Waals surface area contributed by atoms with Crippen molar-refractivity contribution in [3.63, 3.8) is 0 Å². The Balaban J connectivity index is 0.000000980. The predicted octanol–water partition coefficient (Wildman–Crippen LogP) is 0.977. The molecule has 0 unspecified atom stereocenters. The number of hydrogen-bond acceptors (Lipinski definition) is 3. The maximum atomic E-state index is 8.83. The molecule has 1 aromatic heterocycles. The first-order valence-electron chi connectivity index (χ1n) is 4.12. The summed E-state index contributed by atoms with van der Waals surface area (Å²) in [7, 11) is 0. The zero-order chi connectivity index (χ0) is 9.26. The molecule has 0 radical (unpaired) electrons. The lowest BCUT2D eigenvalue weighted by molar-refractivity contribution is 0.264. The van der Waals surface area contributed by atoms with E-state index in [-0.39, 0.29) is 19.0 Å². The molecule has 0 spiro atoms. The predicted molar refractivity (Wildman–Crippen MR) is 57.4 cm³/mol. The van der Waals surface area contributed by atoms with Crippen LogP contribution in [0.5, 0.6) is 0 Å². The summed E-state index contributed by atoms with van der Waals surface area (Å²) in [6.07, 6.45) is 0. The molecule has 0 amide bonds. The van der Waals surface area contributed by atoms with Crippen LogP contribution in [-0.2, 0) is 0 Å². The Bertz CT molecular complexity index is 382. The standard InChI is InChI=1S/C9H11N3O.ClH/c10-6(5-13)9-11-7-3-1-2-4-8(7)12-9;/h1-4,6,13H,5,10H2,(H,11,12);1H/t6-;/m0./s1. The van der Waals surface area contributed by atoms with Gasteiger partial charge in [0.15, 0.2) is 0 Å². The van der Waals surface area contributed by atoms with E-state index in [0.29, 0.717) is 5.82 Å². The molecule has 1 heterocycles. The number of imidazole rings is 1. The fourth-order valence-corrected chi connectivity index (χ4v) is 1.23. The van der Waals surface area contributed by atoms with Crippen molar-refractivity contribution in [2.75, 3.05) is 6.61 Å². The summed E-state index contributed by atoms with van der Waals surface area (Å²) in [4.78, 5) is 7.29. The Morgan fingerprint density at radius 2 is 2.14 bits per heavy atom. The van der Waals surface area contributed by atoms with Crippen LogP contribution in [0.4, 0.5) is 0 Å². The van der Waals surface area contributed by atoms with Gasteiger partial charge >= 0.3 is 0 Å². The number of benzene rings is 1. The van der Waals surface area contributed by atoms with E-state index in [1.807, 2.05) is 24.3 Å². The van der Waals surface area contributed by atoms with Gasteiger partial charge in [0, 0.05) is 0 Å². The zero-order valence-corrected chi connectivity index (χ0v) is 8.29. The first-order valence-corrected chi connectivity index (χ1v) is 4.12. The highest BCUT2D eigenvalue weighted by atomic mass is 35.5. The van der Waals surface area contributed by atoms with E-state index in [1.54, 1.807) is 0 Å². The molecule has 2 rings (SSSR count). The lowest BCUT2D eigenvalue weighted by Gasteiger charge is -2.01. The van der Waals surface area contributed by atoms with E-state index < -0.39 is 6.04 Å². The number of nitrogens with zero attached hydrogens (tertiary/aromatic N) is 1. The van der Waals surface area contributed by atoms with Gasteiger partial charge in [0.05, 0.1) is 23.7 Å². The second-order valence-electron chi connectivity index (χ2n) is 2.93.